The third-order valence-electron chi connectivity index (χ3n) is 2.55. The maximum atomic E-state index is 5.70. The summed E-state index contributed by atoms with van der Waals surface area (Å²) in [7, 11) is 1.94. The van der Waals surface area contributed by atoms with Crippen molar-refractivity contribution in [3.05, 3.63) is 11.9 Å². The topological polar surface area (TPSA) is 55.9 Å². The molecule has 0 unspecified atom stereocenters. The summed E-state index contributed by atoms with van der Waals surface area (Å²) >= 11 is 0. The Morgan fingerprint density at radius 3 is 2.77 bits per heavy atom. The molecule has 0 aromatic carbocycles. The second kappa shape index (κ2) is 3.03. The number of anilines is 1. The van der Waals surface area contributed by atoms with Gasteiger partial charge in [0.1, 0.15) is 0 Å². The predicted octanol–water partition coefficient (Wildman–Crippen LogP) is 0.630. The average Bonchev–Trinajstić information content (AvgIpc) is 2.27. The Bertz CT molecular complexity index is 299. The van der Waals surface area contributed by atoms with Crippen molar-refractivity contribution in [2.75, 3.05) is 5.32 Å². The van der Waals surface area contributed by atoms with Gasteiger partial charge in [-0.15, -0.1) is 0 Å². The van der Waals surface area contributed by atoms with Crippen molar-refractivity contribution in [1.29, 1.82) is 0 Å². The minimum Gasteiger partial charge on any atom is -0.379 e. The maximum Gasteiger partial charge on any atom is 0.0825 e. The summed E-state index contributed by atoms with van der Waals surface area (Å²) in [6.45, 7) is 2.01. The lowest BCUT2D eigenvalue weighted by atomic mass is 9.87. The van der Waals surface area contributed by atoms with Crippen LogP contribution in [0.25, 0.3) is 0 Å². The van der Waals surface area contributed by atoms with E-state index in [0.29, 0.717) is 12.1 Å². The Kier molecular flexibility index (Phi) is 2.00. The third kappa shape index (κ3) is 1.67. The molecule has 4 nitrogen and oxygen atoms in total. The van der Waals surface area contributed by atoms with E-state index in [2.05, 4.69) is 10.4 Å². The summed E-state index contributed by atoms with van der Waals surface area (Å²) in [6, 6.07) is 0.951. The van der Waals surface area contributed by atoms with Crippen LogP contribution < -0.4 is 11.1 Å². The van der Waals surface area contributed by atoms with Gasteiger partial charge in [0, 0.05) is 25.3 Å². The first-order valence-electron chi connectivity index (χ1n) is 4.67. The van der Waals surface area contributed by atoms with Gasteiger partial charge in [0.05, 0.1) is 11.4 Å². The van der Waals surface area contributed by atoms with Gasteiger partial charge in [-0.25, -0.2) is 0 Å². The van der Waals surface area contributed by atoms with Gasteiger partial charge in [0.15, 0.2) is 0 Å². The molecular weight excluding hydrogens is 164 g/mol. The van der Waals surface area contributed by atoms with Gasteiger partial charge in [-0.1, -0.05) is 0 Å². The fraction of sp³-hybridized carbons (Fsp3) is 0.667. The van der Waals surface area contributed by atoms with Crippen LogP contribution in [0.4, 0.5) is 5.69 Å². The van der Waals surface area contributed by atoms with E-state index in [4.69, 9.17) is 5.73 Å². The summed E-state index contributed by atoms with van der Waals surface area (Å²) in [4.78, 5) is 0. The van der Waals surface area contributed by atoms with E-state index >= 15 is 0 Å². The number of nitrogens with two attached hydrogens (primary N) is 1. The molecule has 0 spiro atoms. The highest BCUT2D eigenvalue weighted by molar-refractivity contribution is 5.46. The lowest BCUT2D eigenvalue weighted by Crippen LogP contribution is -2.44. The molecule has 1 saturated carbocycles. The Morgan fingerprint density at radius 1 is 1.62 bits per heavy atom. The molecule has 3 N–H and O–H groups in total. The van der Waals surface area contributed by atoms with Crippen LogP contribution in [0.15, 0.2) is 6.20 Å². The lowest BCUT2D eigenvalue weighted by Gasteiger charge is -2.33. The zero-order valence-electron chi connectivity index (χ0n) is 8.12. The largest absolute Gasteiger partial charge is 0.379 e. The van der Waals surface area contributed by atoms with Crippen LogP contribution in [-0.2, 0) is 7.05 Å². The van der Waals surface area contributed by atoms with Gasteiger partial charge in [0.2, 0.25) is 0 Å². The van der Waals surface area contributed by atoms with Crippen LogP contribution in [0.5, 0.6) is 0 Å². The molecule has 0 bridgehead atoms. The molecular formula is C9H16N4. The smallest absolute Gasteiger partial charge is 0.0825 e. The highest BCUT2D eigenvalue weighted by Gasteiger charge is 2.26. The van der Waals surface area contributed by atoms with Gasteiger partial charge in [-0.2, -0.15) is 5.10 Å². The predicted molar refractivity (Wildman–Crippen MR) is 52.6 cm³/mol. The van der Waals surface area contributed by atoms with Crippen molar-refractivity contribution >= 4 is 5.69 Å². The molecule has 1 heterocycles. The number of hydrogen-bond donors (Lipinski definition) is 2. The number of aryl methyl sites for hydroxylation is 2. The van der Waals surface area contributed by atoms with Crippen LogP contribution in [0.1, 0.15) is 18.5 Å². The fourth-order valence-electron chi connectivity index (χ4n) is 1.74. The zero-order chi connectivity index (χ0) is 9.42. The second-order valence-corrected chi connectivity index (χ2v) is 3.87. The van der Waals surface area contributed by atoms with E-state index < -0.39 is 0 Å². The summed E-state index contributed by atoms with van der Waals surface area (Å²) in [5, 5.41) is 7.70. The Labute approximate surface area is 78.1 Å². The normalized spacial score (nSPS) is 27.0. The first-order valence-corrected chi connectivity index (χ1v) is 4.67. The maximum absolute atomic E-state index is 5.70. The van der Waals surface area contributed by atoms with E-state index in [1.807, 2.05) is 24.9 Å². The van der Waals surface area contributed by atoms with Crippen molar-refractivity contribution in [3.8, 4) is 0 Å². The van der Waals surface area contributed by atoms with Gasteiger partial charge >= 0.3 is 0 Å². The van der Waals surface area contributed by atoms with Crippen molar-refractivity contribution in [2.24, 2.45) is 12.8 Å². The molecule has 0 radical (unpaired) electrons. The molecule has 0 saturated heterocycles. The Morgan fingerprint density at radius 2 is 2.31 bits per heavy atom. The monoisotopic (exact) mass is 180 g/mol. The summed E-state index contributed by atoms with van der Waals surface area (Å²) in [5.41, 5.74) is 7.90. The molecule has 1 fully saturated rings. The quantitative estimate of drug-likeness (QED) is 0.702. The lowest BCUT2D eigenvalue weighted by molar-refractivity contribution is 0.373. The Hall–Kier alpha value is -1.03. The van der Waals surface area contributed by atoms with E-state index in [9.17, 15) is 0 Å². The van der Waals surface area contributed by atoms with Crippen molar-refractivity contribution < 1.29 is 0 Å². The van der Waals surface area contributed by atoms with Crippen LogP contribution in [0.2, 0.25) is 0 Å². The molecule has 13 heavy (non-hydrogen) atoms. The highest BCUT2D eigenvalue weighted by atomic mass is 15.3. The molecule has 72 valence electrons. The molecule has 0 aliphatic heterocycles. The van der Waals surface area contributed by atoms with E-state index in [0.717, 1.165) is 24.2 Å². The minimum atomic E-state index is 0.398. The fourth-order valence-corrected chi connectivity index (χ4v) is 1.74. The summed E-state index contributed by atoms with van der Waals surface area (Å²) in [6.07, 6.45) is 4.17. The number of nitrogens with one attached hydrogen (secondary N) is 1. The summed E-state index contributed by atoms with van der Waals surface area (Å²) in [5.74, 6) is 0. The standard InChI is InChI=1S/C9H16N4/c1-6-9(5-13(2)12-6)11-8-3-7(10)4-8/h5,7-8,11H,3-4,10H2,1-2H3. The molecule has 1 aromatic heterocycles. The Balaban J connectivity index is 1.98. The zero-order valence-corrected chi connectivity index (χ0v) is 8.12. The molecule has 1 aromatic rings. The highest BCUT2D eigenvalue weighted by Crippen LogP contribution is 2.23. The number of rotatable bonds is 2. The van der Waals surface area contributed by atoms with Crippen LogP contribution in [0.3, 0.4) is 0 Å². The van der Waals surface area contributed by atoms with Crippen LogP contribution in [-0.4, -0.2) is 21.9 Å². The van der Waals surface area contributed by atoms with Gasteiger partial charge in [0.25, 0.3) is 0 Å². The van der Waals surface area contributed by atoms with E-state index in [-0.39, 0.29) is 0 Å². The molecule has 2 rings (SSSR count). The number of nitrogens with zero attached hydrogens (tertiary/aromatic N) is 2. The molecule has 1 aliphatic rings. The number of aromatic nitrogens is 2. The molecule has 0 atom stereocenters. The van der Waals surface area contributed by atoms with Crippen LogP contribution in [0, 0.1) is 6.92 Å². The molecule has 4 heteroatoms. The van der Waals surface area contributed by atoms with Gasteiger partial charge in [-0.3, -0.25) is 4.68 Å². The second-order valence-electron chi connectivity index (χ2n) is 3.87. The average molecular weight is 180 g/mol. The minimum absolute atomic E-state index is 0.398. The van der Waals surface area contributed by atoms with Crippen molar-refractivity contribution in [2.45, 2.75) is 31.8 Å². The van der Waals surface area contributed by atoms with Crippen molar-refractivity contribution in [3.63, 3.8) is 0 Å². The van der Waals surface area contributed by atoms with E-state index in [1.165, 1.54) is 0 Å². The molecule has 1 aliphatic carbocycles. The first-order chi connectivity index (χ1) is 6.15. The van der Waals surface area contributed by atoms with Crippen LogP contribution >= 0.6 is 0 Å². The summed E-state index contributed by atoms with van der Waals surface area (Å²) < 4.78 is 1.83. The third-order valence-corrected chi connectivity index (χ3v) is 2.55. The molecule has 0 amide bonds. The number of hydrogen-bond acceptors (Lipinski definition) is 3. The first kappa shape index (κ1) is 8.56. The van der Waals surface area contributed by atoms with Crippen molar-refractivity contribution in [1.82, 2.24) is 9.78 Å². The SMILES string of the molecule is Cc1nn(C)cc1NC1CC(N)C1. The van der Waals surface area contributed by atoms with Gasteiger partial charge in [-0.05, 0) is 19.8 Å². The van der Waals surface area contributed by atoms with E-state index in [1.54, 1.807) is 0 Å². The van der Waals surface area contributed by atoms with Gasteiger partial charge < -0.3 is 11.1 Å².